The van der Waals surface area contributed by atoms with Gasteiger partial charge in [-0.2, -0.15) is 0 Å². The van der Waals surface area contributed by atoms with Gasteiger partial charge in [-0.15, -0.1) is 0 Å². The molecule has 0 radical (unpaired) electrons. The number of carboxylic acids is 1. The zero-order valence-corrected chi connectivity index (χ0v) is 10.5. The molecule has 0 spiro atoms. The van der Waals surface area contributed by atoms with Crippen LogP contribution in [0.2, 0.25) is 0 Å². The van der Waals surface area contributed by atoms with E-state index in [9.17, 15) is 4.79 Å². The van der Waals surface area contributed by atoms with Crippen molar-refractivity contribution in [3.8, 4) is 0 Å². The van der Waals surface area contributed by atoms with Gasteiger partial charge in [0.15, 0.2) is 0 Å². The molecule has 3 heteroatoms. The maximum Gasteiger partial charge on any atom is 0.335 e. The van der Waals surface area contributed by atoms with E-state index in [1.165, 1.54) is 12.8 Å². The number of unbranched alkanes of at least 4 members (excludes halogenated alkanes) is 2. The summed E-state index contributed by atoms with van der Waals surface area (Å²) in [5, 5.41) is 8.78. The molecule has 1 atom stereocenters. The van der Waals surface area contributed by atoms with Crippen molar-refractivity contribution in [1.29, 1.82) is 0 Å². The third-order valence-electron chi connectivity index (χ3n) is 2.74. The van der Waals surface area contributed by atoms with Crippen molar-refractivity contribution >= 4 is 5.97 Å². The molecule has 3 nitrogen and oxygen atoms in total. The van der Waals surface area contributed by atoms with E-state index in [0.29, 0.717) is 5.56 Å². The predicted octanol–water partition coefficient (Wildman–Crippen LogP) is 3.65. The van der Waals surface area contributed by atoms with E-state index in [1.807, 2.05) is 19.1 Å². The Morgan fingerprint density at radius 2 is 1.94 bits per heavy atom. The van der Waals surface area contributed by atoms with Gasteiger partial charge in [0.05, 0.1) is 11.7 Å². The lowest BCUT2D eigenvalue weighted by atomic mass is 10.1. The number of aromatic carboxylic acids is 1. The lowest BCUT2D eigenvalue weighted by Crippen LogP contribution is -2.03. The normalized spacial score (nSPS) is 12.4. The average Bonchev–Trinajstić information content (AvgIpc) is 2.34. The number of hydrogen-bond acceptors (Lipinski definition) is 2. The van der Waals surface area contributed by atoms with E-state index >= 15 is 0 Å². The Morgan fingerprint density at radius 1 is 1.29 bits per heavy atom. The minimum atomic E-state index is -0.895. The molecule has 0 amide bonds. The highest BCUT2D eigenvalue weighted by Gasteiger charge is 2.07. The molecule has 1 aromatic carbocycles. The van der Waals surface area contributed by atoms with Crippen LogP contribution in [-0.4, -0.2) is 17.7 Å². The molecule has 0 saturated heterocycles. The van der Waals surface area contributed by atoms with Crippen LogP contribution >= 0.6 is 0 Å². The fourth-order valence-electron chi connectivity index (χ4n) is 1.61. The molecule has 1 N–H and O–H groups in total. The largest absolute Gasteiger partial charge is 0.478 e. The van der Waals surface area contributed by atoms with Gasteiger partial charge in [-0.3, -0.25) is 0 Å². The van der Waals surface area contributed by atoms with Crippen LogP contribution in [0.25, 0.3) is 0 Å². The molecule has 0 aromatic heterocycles. The van der Waals surface area contributed by atoms with Gasteiger partial charge in [-0.25, -0.2) is 4.79 Å². The highest BCUT2D eigenvalue weighted by atomic mass is 16.5. The summed E-state index contributed by atoms with van der Waals surface area (Å²) in [6.07, 6.45) is 3.47. The van der Waals surface area contributed by atoms with Crippen molar-refractivity contribution in [2.45, 2.75) is 39.2 Å². The zero-order chi connectivity index (χ0) is 12.7. The van der Waals surface area contributed by atoms with Gasteiger partial charge in [-0.05, 0) is 31.0 Å². The molecule has 1 rings (SSSR count). The molecular weight excluding hydrogens is 216 g/mol. The van der Waals surface area contributed by atoms with Crippen LogP contribution in [0.5, 0.6) is 0 Å². The molecule has 0 aliphatic carbocycles. The first-order chi connectivity index (χ1) is 8.15. The second-order valence-corrected chi connectivity index (χ2v) is 4.15. The van der Waals surface area contributed by atoms with Crippen LogP contribution in [0.15, 0.2) is 24.3 Å². The molecule has 0 fully saturated rings. The Hall–Kier alpha value is -1.35. The Balaban J connectivity index is 2.46. The summed E-state index contributed by atoms with van der Waals surface area (Å²) in [5.74, 6) is -0.895. The number of hydrogen-bond donors (Lipinski definition) is 1. The third-order valence-corrected chi connectivity index (χ3v) is 2.74. The first-order valence-corrected chi connectivity index (χ1v) is 6.10. The highest BCUT2D eigenvalue weighted by Crippen LogP contribution is 2.17. The van der Waals surface area contributed by atoms with Gasteiger partial charge in [0.25, 0.3) is 0 Å². The SMILES string of the molecule is CCCCCOC(C)c1ccc(C(=O)O)cc1. The standard InChI is InChI=1S/C14H20O3/c1-3-4-5-10-17-11(2)12-6-8-13(9-7-12)14(15)16/h6-9,11H,3-5,10H2,1-2H3,(H,15,16). The fraction of sp³-hybridized carbons (Fsp3) is 0.500. The second-order valence-electron chi connectivity index (χ2n) is 4.15. The number of carboxylic acid groups (broad SMARTS) is 1. The van der Waals surface area contributed by atoms with Crippen LogP contribution in [0.4, 0.5) is 0 Å². The maximum absolute atomic E-state index is 10.7. The summed E-state index contributed by atoms with van der Waals surface area (Å²) in [4.78, 5) is 10.7. The van der Waals surface area contributed by atoms with E-state index < -0.39 is 5.97 Å². The first-order valence-electron chi connectivity index (χ1n) is 6.10. The van der Waals surface area contributed by atoms with Crippen LogP contribution in [0, 0.1) is 0 Å². The molecule has 1 unspecified atom stereocenters. The minimum Gasteiger partial charge on any atom is -0.478 e. The van der Waals surface area contributed by atoms with Crippen molar-refractivity contribution in [2.24, 2.45) is 0 Å². The van der Waals surface area contributed by atoms with Gasteiger partial charge >= 0.3 is 5.97 Å². The first kappa shape index (κ1) is 13.7. The van der Waals surface area contributed by atoms with Crippen molar-refractivity contribution in [2.75, 3.05) is 6.61 Å². The summed E-state index contributed by atoms with van der Waals surface area (Å²) >= 11 is 0. The molecule has 94 valence electrons. The van der Waals surface area contributed by atoms with E-state index in [4.69, 9.17) is 9.84 Å². The summed E-state index contributed by atoms with van der Waals surface area (Å²) < 4.78 is 5.68. The summed E-state index contributed by atoms with van der Waals surface area (Å²) in [6, 6.07) is 6.86. The summed E-state index contributed by atoms with van der Waals surface area (Å²) in [7, 11) is 0. The quantitative estimate of drug-likeness (QED) is 0.735. The molecule has 0 heterocycles. The number of benzene rings is 1. The van der Waals surface area contributed by atoms with Crippen molar-refractivity contribution < 1.29 is 14.6 Å². The lowest BCUT2D eigenvalue weighted by molar-refractivity contribution is 0.0627. The summed E-state index contributed by atoms with van der Waals surface area (Å²) in [6.45, 7) is 4.91. The fourth-order valence-corrected chi connectivity index (χ4v) is 1.61. The Morgan fingerprint density at radius 3 is 2.47 bits per heavy atom. The molecule has 0 bridgehead atoms. The van der Waals surface area contributed by atoms with E-state index in [-0.39, 0.29) is 6.10 Å². The van der Waals surface area contributed by atoms with Crippen molar-refractivity contribution in [1.82, 2.24) is 0 Å². The second kappa shape index (κ2) is 7.07. The van der Waals surface area contributed by atoms with Gasteiger partial charge in [-0.1, -0.05) is 31.9 Å². The molecular formula is C14H20O3. The van der Waals surface area contributed by atoms with E-state index in [0.717, 1.165) is 18.6 Å². The van der Waals surface area contributed by atoms with Crippen LogP contribution < -0.4 is 0 Å². The lowest BCUT2D eigenvalue weighted by Gasteiger charge is -2.13. The van der Waals surface area contributed by atoms with Gasteiger partial charge in [0, 0.05) is 6.61 Å². The minimum absolute atomic E-state index is 0.0229. The molecule has 0 aliphatic heterocycles. The van der Waals surface area contributed by atoms with Gasteiger partial charge in [0.2, 0.25) is 0 Å². The Kier molecular flexibility index (Phi) is 5.70. The van der Waals surface area contributed by atoms with Crippen LogP contribution in [0.1, 0.15) is 55.1 Å². The zero-order valence-electron chi connectivity index (χ0n) is 10.5. The molecule has 1 aromatic rings. The topological polar surface area (TPSA) is 46.5 Å². The molecule has 17 heavy (non-hydrogen) atoms. The van der Waals surface area contributed by atoms with Crippen molar-refractivity contribution in [3.63, 3.8) is 0 Å². The number of carbonyl (C=O) groups is 1. The summed E-state index contributed by atoms with van der Waals surface area (Å²) in [5.41, 5.74) is 1.33. The van der Waals surface area contributed by atoms with E-state index in [1.54, 1.807) is 12.1 Å². The smallest absolute Gasteiger partial charge is 0.335 e. The predicted molar refractivity (Wildman–Crippen MR) is 67.3 cm³/mol. The van der Waals surface area contributed by atoms with Gasteiger partial charge in [0.1, 0.15) is 0 Å². The van der Waals surface area contributed by atoms with Crippen molar-refractivity contribution in [3.05, 3.63) is 35.4 Å². The molecule has 0 saturated carbocycles. The maximum atomic E-state index is 10.7. The van der Waals surface area contributed by atoms with Crippen LogP contribution in [0.3, 0.4) is 0 Å². The average molecular weight is 236 g/mol. The van der Waals surface area contributed by atoms with Gasteiger partial charge < -0.3 is 9.84 Å². The monoisotopic (exact) mass is 236 g/mol. The van der Waals surface area contributed by atoms with E-state index in [2.05, 4.69) is 6.92 Å². The number of rotatable bonds is 7. The van der Waals surface area contributed by atoms with Crippen LogP contribution in [-0.2, 0) is 4.74 Å². The Bertz CT molecular complexity index is 343. The Labute approximate surface area is 102 Å². The molecule has 0 aliphatic rings. The number of ether oxygens (including phenoxy) is 1. The third kappa shape index (κ3) is 4.57. The highest BCUT2D eigenvalue weighted by molar-refractivity contribution is 5.87.